The molecule has 0 radical (unpaired) electrons. The van der Waals surface area contributed by atoms with E-state index in [0.29, 0.717) is 15.7 Å². The first kappa shape index (κ1) is 15.9. The molecule has 0 fully saturated rings. The van der Waals surface area contributed by atoms with Crippen LogP contribution < -0.4 is 0 Å². The number of rotatable bonds is 3. The van der Waals surface area contributed by atoms with E-state index in [2.05, 4.69) is 11.6 Å². The molecule has 0 bridgehead atoms. The van der Waals surface area contributed by atoms with Crippen molar-refractivity contribution < 1.29 is 18.0 Å². The summed E-state index contributed by atoms with van der Waals surface area (Å²) in [6, 6.07) is 4.60. The van der Waals surface area contributed by atoms with Crippen LogP contribution in [0.1, 0.15) is 11.1 Å². The third-order valence-electron chi connectivity index (χ3n) is 2.47. The first-order valence-corrected chi connectivity index (χ1v) is 7.64. The van der Waals surface area contributed by atoms with Gasteiger partial charge in [-0.2, -0.15) is 13.2 Å². The van der Waals surface area contributed by atoms with Crippen LogP contribution in [0.15, 0.2) is 47.6 Å². The number of nitrogens with zero attached hydrogens (tertiary/aromatic N) is 1. The third kappa shape index (κ3) is 4.25. The molecule has 0 N–H and O–H groups in total. The highest BCUT2D eigenvalue weighted by Gasteiger charge is 2.30. The Labute approximate surface area is 128 Å². The van der Waals surface area contributed by atoms with Crippen molar-refractivity contribution in [1.29, 1.82) is 0 Å². The normalized spacial score (nSPS) is 17.2. The summed E-state index contributed by atoms with van der Waals surface area (Å²) in [5.41, 5.74) is 0.0273. The van der Waals surface area contributed by atoms with Crippen LogP contribution in [0.25, 0.3) is 6.08 Å². The number of benzene rings is 1. The lowest BCUT2D eigenvalue weighted by Crippen LogP contribution is -2.04. The summed E-state index contributed by atoms with van der Waals surface area (Å²) < 4.78 is 38.0. The largest absolute Gasteiger partial charge is 0.416 e. The van der Waals surface area contributed by atoms with Crippen molar-refractivity contribution in [2.75, 3.05) is 5.75 Å². The predicted octanol–water partition coefficient (Wildman–Crippen LogP) is 4.59. The second-order valence-corrected chi connectivity index (χ2v) is 6.24. The fraction of sp³-hybridized carbons (Fsp3) is 0.143. The van der Waals surface area contributed by atoms with E-state index in [0.717, 1.165) is 23.9 Å². The van der Waals surface area contributed by atoms with Gasteiger partial charge in [0.15, 0.2) is 0 Å². The molecule has 0 unspecified atom stereocenters. The molecule has 21 heavy (non-hydrogen) atoms. The van der Waals surface area contributed by atoms with Crippen molar-refractivity contribution in [2.24, 2.45) is 4.99 Å². The van der Waals surface area contributed by atoms with Gasteiger partial charge in [0.05, 0.1) is 5.56 Å². The van der Waals surface area contributed by atoms with Crippen LogP contribution in [0.2, 0.25) is 0 Å². The predicted molar refractivity (Wildman–Crippen MR) is 82.1 cm³/mol. The first-order chi connectivity index (χ1) is 9.90. The van der Waals surface area contributed by atoms with E-state index in [1.165, 1.54) is 30.0 Å². The molecule has 1 heterocycles. The Balaban J connectivity index is 2.17. The van der Waals surface area contributed by atoms with Crippen LogP contribution in [0.3, 0.4) is 0 Å². The molecule has 1 aliphatic heterocycles. The van der Waals surface area contributed by atoms with Crippen molar-refractivity contribution in [1.82, 2.24) is 0 Å². The van der Waals surface area contributed by atoms with Crippen LogP contribution in [0, 0.1) is 0 Å². The number of aliphatic imine (C=N–C) groups is 1. The third-order valence-corrected chi connectivity index (χ3v) is 4.47. The van der Waals surface area contributed by atoms with Crippen molar-refractivity contribution in [2.45, 2.75) is 6.18 Å². The Kier molecular flexibility index (Phi) is 4.95. The first-order valence-electron chi connectivity index (χ1n) is 5.83. The second kappa shape index (κ2) is 6.53. The lowest BCUT2D eigenvalue weighted by molar-refractivity contribution is -0.137. The molecule has 110 valence electrons. The molecule has 2 rings (SSSR count). The number of hydrogen-bond donors (Lipinski definition) is 0. The number of carbonyl (C=O) groups excluding carboxylic acids is 1. The Morgan fingerprint density at radius 3 is 2.52 bits per heavy atom. The molecule has 1 aliphatic rings. The van der Waals surface area contributed by atoms with Gasteiger partial charge < -0.3 is 0 Å². The Hall–Kier alpha value is -1.47. The maximum Gasteiger partial charge on any atom is 0.416 e. The van der Waals surface area contributed by atoms with Crippen molar-refractivity contribution in [3.8, 4) is 0 Å². The molecular formula is C14H10F3NOS2. The number of halogens is 3. The highest BCUT2D eigenvalue weighted by atomic mass is 32.2. The van der Waals surface area contributed by atoms with Gasteiger partial charge in [-0.15, -0.1) is 6.58 Å². The molecule has 0 atom stereocenters. The number of thioether (sulfide) groups is 2. The van der Waals surface area contributed by atoms with Crippen LogP contribution in [-0.4, -0.2) is 15.2 Å². The summed E-state index contributed by atoms with van der Waals surface area (Å²) in [6.45, 7) is 3.58. The van der Waals surface area contributed by atoms with Gasteiger partial charge >= 0.3 is 6.18 Å². The summed E-state index contributed by atoms with van der Waals surface area (Å²) in [4.78, 5) is 15.9. The minimum Gasteiger partial charge on any atom is -0.279 e. The van der Waals surface area contributed by atoms with Gasteiger partial charge in [-0.25, -0.2) is 4.99 Å². The van der Waals surface area contributed by atoms with E-state index in [1.807, 2.05) is 0 Å². The quantitative estimate of drug-likeness (QED) is 0.600. The minimum absolute atomic E-state index is 0.207. The molecular weight excluding hydrogens is 319 g/mol. The summed E-state index contributed by atoms with van der Waals surface area (Å²) >= 11 is 2.41. The van der Waals surface area contributed by atoms with Gasteiger partial charge in [0.1, 0.15) is 10.1 Å². The molecule has 1 aromatic carbocycles. The summed E-state index contributed by atoms with van der Waals surface area (Å²) in [5.74, 6) is 0.646. The van der Waals surface area contributed by atoms with Crippen molar-refractivity contribution in [3.63, 3.8) is 0 Å². The molecule has 7 heteroatoms. The topological polar surface area (TPSA) is 29.4 Å². The number of alkyl halides is 3. The zero-order chi connectivity index (χ0) is 15.5. The smallest absolute Gasteiger partial charge is 0.279 e. The van der Waals surface area contributed by atoms with E-state index in [1.54, 1.807) is 6.08 Å². The van der Waals surface area contributed by atoms with Crippen LogP contribution >= 0.6 is 23.5 Å². The molecule has 2 nitrogen and oxygen atoms in total. The van der Waals surface area contributed by atoms with E-state index < -0.39 is 11.7 Å². The maximum atomic E-state index is 12.5. The van der Waals surface area contributed by atoms with Crippen LogP contribution in [0.5, 0.6) is 0 Å². The minimum atomic E-state index is -4.36. The lowest BCUT2D eigenvalue weighted by Gasteiger charge is -2.05. The molecule has 1 aromatic rings. The average molecular weight is 329 g/mol. The highest BCUT2D eigenvalue weighted by molar-refractivity contribution is 8.45. The SMILES string of the molecule is C=CCSC1=NC(=Cc2ccc(C(F)(F)F)cc2)C(=O)S1. The number of carbonyl (C=O) groups is 1. The molecule has 0 aromatic heterocycles. The zero-order valence-electron chi connectivity index (χ0n) is 10.7. The fourth-order valence-electron chi connectivity index (χ4n) is 1.51. The van der Waals surface area contributed by atoms with Gasteiger partial charge in [-0.3, -0.25) is 4.79 Å². The van der Waals surface area contributed by atoms with Gasteiger partial charge in [-0.1, -0.05) is 30.0 Å². The Morgan fingerprint density at radius 1 is 1.29 bits per heavy atom. The maximum absolute atomic E-state index is 12.5. The van der Waals surface area contributed by atoms with Crippen LogP contribution in [-0.2, 0) is 11.0 Å². The highest BCUT2D eigenvalue weighted by Crippen LogP contribution is 2.32. The standard InChI is InChI=1S/C14H10F3NOS2/c1-2-7-20-13-18-11(12(19)21-13)8-9-3-5-10(6-4-9)14(15,16)17/h2-6,8H,1,7H2. The lowest BCUT2D eigenvalue weighted by atomic mass is 10.1. The summed E-state index contributed by atoms with van der Waals surface area (Å²) in [6.07, 6.45) is -1.18. The molecule has 0 spiro atoms. The zero-order valence-corrected chi connectivity index (χ0v) is 12.3. The second-order valence-electron chi connectivity index (χ2n) is 4.02. The summed E-state index contributed by atoms with van der Waals surface area (Å²) in [7, 11) is 0. The van der Waals surface area contributed by atoms with E-state index in [9.17, 15) is 18.0 Å². The Bertz CT molecular complexity index is 618. The van der Waals surface area contributed by atoms with E-state index in [4.69, 9.17) is 0 Å². The molecule has 0 amide bonds. The van der Waals surface area contributed by atoms with Crippen molar-refractivity contribution in [3.05, 3.63) is 53.7 Å². The van der Waals surface area contributed by atoms with Gasteiger partial charge in [-0.05, 0) is 35.5 Å². The van der Waals surface area contributed by atoms with Gasteiger partial charge in [0, 0.05) is 5.75 Å². The molecule has 0 aliphatic carbocycles. The summed E-state index contributed by atoms with van der Waals surface area (Å²) in [5, 5.41) is -0.207. The van der Waals surface area contributed by atoms with E-state index in [-0.39, 0.29) is 10.8 Å². The molecule has 0 saturated carbocycles. The average Bonchev–Trinajstić information content (AvgIpc) is 2.76. The van der Waals surface area contributed by atoms with Gasteiger partial charge in [0.25, 0.3) is 0 Å². The Morgan fingerprint density at radius 2 is 1.95 bits per heavy atom. The number of hydrogen-bond acceptors (Lipinski definition) is 4. The van der Waals surface area contributed by atoms with E-state index >= 15 is 0 Å². The monoisotopic (exact) mass is 329 g/mol. The van der Waals surface area contributed by atoms with Crippen LogP contribution in [0.4, 0.5) is 13.2 Å². The van der Waals surface area contributed by atoms with Crippen molar-refractivity contribution >= 4 is 39.1 Å². The fourth-order valence-corrected chi connectivity index (χ4v) is 3.11. The van der Waals surface area contributed by atoms with Gasteiger partial charge in [0.2, 0.25) is 5.12 Å². The molecule has 0 saturated heterocycles.